The lowest BCUT2D eigenvalue weighted by Gasteiger charge is -1.95. The number of nitrogens with zero attached hydrogens (tertiary/aromatic N) is 2. The summed E-state index contributed by atoms with van der Waals surface area (Å²) in [4.78, 5) is 7.31. The summed E-state index contributed by atoms with van der Waals surface area (Å²) in [5.74, 6) is 6.30. The molecule has 0 amide bonds. The summed E-state index contributed by atoms with van der Waals surface area (Å²) in [6.07, 6.45) is 4.04. The predicted octanol–water partition coefficient (Wildman–Crippen LogP) is 3.03. The molecule has 0 bridgehead atoms. The SMILES string of the molecule is N#CCc1ccc(C#Cc2ccnc3[nH]ccc23)cc1. The molecule has 3 aromatic rings. The normalized spacial score (nSPS) is 9.75. The zero-order chi connectivity index (χ0) is 13.8. The zero-order valence-electron chi connectivity index (χ0n) is 10.7. The van der Waals surface area contributed by atoms with Gasteiger partial charge in [0, 0.05) is 28.9 Å². The van der Waals surface area contributed by atoms with Gasteiger partial charge in [0.2, 0.25) is 0 Å². The number of nitrogens with one attached hydrogen (secondary N) is 1. The van der Waals surface area contributed by atoms with Crippen LogP contribution in [0.4, 0.5) is 0 Å². The van der Waals surface area contributed by atoms with E-state index in [4.69, 9.17) is 5.26 Å². The molecule has 0 saturated carbocycles. The fraction of sp³-hybridized carbons (Fsp3) is 0.0588. The number of rotatable bonds is 1. The average Bonchev–Trinajstić information content (AvgIpc) is 2.96. The van der Waals surface area contributed by atoms with Crippen LogP contribution in [0.2, 0.25) is 0 Å². The maximum atomic E-state index is 8.63. The van der Waals surface area contributed by atoms with Crippen LogP contribution in [0.5, 0.6) is 0 Å². The van der Waals surface area contributed by atoms with Crippen molar-refractivity contribution >= 4 is 11.0 Å². The molecule has 0 aliphatic heterocycles. The van der Waals surface area contributed by atoms with E-state index in [1.54, 1.807) is 6.20 Å². The maximum absolute atomic E-state index is 8.63. The lowest BCUT2D eigenvalue weighted by Crippen LogP contribution is -1.83. The molecule has 3 rings (SSSR count). The van der Waals surface area contributed by atoms with Crippen LogP contribution in [0.1, 0.15) is 16.7 Å². The van der Waals surface area contributed by atoms with Gasteiger partial charge in [0.15, 0.2) is 0 Å². The molecule has 0 radical (unpaired) electrons. The van der Waals surface area contributed by atoms with Crippen molar-refractivity contribution in [2.45, 2.75) is 6.42 Å². The van der Waals surface area contributed by atoms with Gasteiger partial charge in [-0.1, -0.05) is 24.0 Å². The summed E-state index contributed by atoms with van der Waals surface area (Å²) >= 11 is 0. The Morgan fingerprint density at radius 2 is 1.90 bits per heavy atom. The molecule has 20 heavy (non-hydrogen) atoms. The molecule has 1 aromatic carbocycles. The Morgan fingerprint density at radius 3 is 2.70 bits per heavy atom. The average molecular weight is 257 g/mol. The van der Waals surface area contributed by atoms with Crippen LogP contribution in [0.3, 0.4) is 0 Å². The summed E-state index contributed by atoms with van der Waals surface area (Å²) in [7, 11) is 0. The third-order valence-corrected chi connectivity index (χ3v) is 3.04. The van der Waals surface area contributed by atoms with E-state index in [1.807, 2.05) is 42.6 Å². The van der Waals surface area contributed by atoms with E-state index in [0.717, 1.165) is 27.7 Å². The second-order valence-electron chi connectivity index (χ2n) is 4.38. The summed E-state index contributed by atoms with van der Waals surface area (Å²) < 4.78 is 0. The molecule has 0 fully saturated rings. The molecular weight excluding hydrogens is 246 g/mol. The Bertz CT molecular complexity index is 840. The van der Waals surface area contributed by atoms with Gasteiger partial charge in [-0.3, -0.25) is 0 Å². The van der Waals surface area contributed by atoms with Crippen molar-refractivity contribution in [3.63, 3.8) is 0 Å². The molecule has 0 aliphatic carbocycles. The first kappa shape index (κ1) is 12.0. The molecular formula is C17H11N3. The van der Waals surface area contributed by atoms with Crippen LogP contribution in [0.25, 0.3) is 11.0 Å². The summed E-state index contributed by atoms with van der Waals surface area (Å²) in [5.41, 5.74) is 3.75. The highest BCUT2D eigenvalue weighted by Gasteiger charge is 1.99. The number of H-pyrrole nitrogens is 1. The van der Waals surface area contributed by atoms with E-state index < -0.39 is 0 Å². The first-order chi connectivity index (χ1) is 9.86. The van der Waals surface area contributed by atoms with Crippen molar-refractivity contribution < 1.29 is 0 Å². The van der Waals surface area contributed by atoms with Gasteiger partial charge in [-0.25, -0.2) is 4.98 Å². The third kappa shape index (κ3) is 2.39. The van der Waals surface area contributed by atoms with Crippen molar-refractivity contribution in [2.75, 3.05) is 0 Å². The van der Waals surface area contributed by atoms with Gasteiger partial charge in [-0.2, -0.15) is 5.26 Å². The monoisotopic (exact) mass is 257 g/mol. The zero-order valence-corrected chi connectivity index (χ0v) is 10.7. The summed E-state index contributed by atoms with van der Waals surface area (Å²) in [6.45, 7) is 0. The van der Waals surface area contributed by atoms with Gasteiger partial charge >= 0.3 is 0 Å². The lowest BCUT2D eigenvalue weighted by molar-refractivity contribution is 1.26. The van der Waals surface area contributed by atoms with E-state index >= 15 is 0 Å². The van der Waals surface area contributed by atoms with E-state index in [1.165, 1.54) is 0 Å². The molecule has 2 heterocycles. The standard InChI is InChI=1S/C17H11N3/c18-10-7-14-3-1-13(2-4-14)5-6-15-8-11-19-17-16(15)9-12-20-17/h1-4,8-9,11-12H,7H2,(H,19,20). The van der Waals surface area contributed by atoms with Crippen LogP contribution >= 0.6 is 0 Å². The molecule has 94 valence electrons. The first-order valence-electron chi connectivity index (χ1n) is 6.27. The first-order valence-corrected chi connectivity index (χ1v) is 6.27. The second-order valence-corrected chi connectivity index (χ2v) is 4.38. The van der Waals surface area contributed by atoms with Gasteiger partial charge in [-0.15, -0.1) is 0 Å². The number of fused-ring (bicyclic) bond motifs is 1. The quantitative estimate of drug-likeness (QED) is 0.681. The highest BCUT2D eigenvalue weighted by atomic mass is 14.8. The Balaban J connectivity index is 1.92. The Hall–Kier alpha value is -3.04. The Labute approximate surface area is 116 Å². The molecule has 3 nitrogen and oxygen atoms in total. The number of benzene rings is 1. The summed E-state index contributed by atoms with van der Waals surface area (Å²) in [6, 6.07) is 13.8. The fourth-order valence-electron chi connectivity index (χ4n) is 2.01. The number of pyridine rings is 1. The predicted molar refractivity (Wildman–Crippen MR) is 77.8 cm³/mol. The fourth-order valence-corrected chi connectivity index (χ4v) is 2.01. The lowest BCUT2D eigenvalue weighted by atomic mass is 10.1. The maximum Gasteiger partial charge on any atom is 0.138 e. The molecule has 0 unspecified atom stereocenters. The molecule has 2 aromatic heterocycles. The number of hydrogen-bond acceptors (Lipinski definition) is 2. The smallest absolute Gasteiger partial charge is 0.138 e. The minimum absolute atomic E-state index is 0.433. The molecule has 0 spiro atoms. The van der Waals surface area contributed by atoms with Crippen molar-refractivity contribution in [3.05, 3.63) is 65.5 Å². The molecule has 0 aliphatic rings. The molecule has 0 atom stereocenters. The van der Waals surface area contributed by atoms with Crippen molar-refractivity contribution in [1.82, 2.24) is 9.97 Å². The van der Waals surface area contributed by atoms with Crippen LogP contribution in [-0.2, 0) is 6.42 Å². The van der Waals surface area contributed by atoms with Gasteiger partial charge in [-0.05, 0) is 29.8 Å². The second kappa shape index (κ2) is 5.30. The van der Waals surface area contributed by atoms with E-state index in [-0.39, 0.29) is 0 Å². The molecule has 3 heteroatoms. The Kier molecular flexibility index (Phi) is 3.18. The molecule has 0 saturated heterocycles. The van der Waals surface area contributed by atoms with Crippen LogP contribution < -0.4 is 0 Å². The highest BCUT2D eigenvalue weighted by Crippen LogP contribution is 2.14. The van der Waals surface area contributed by atoms with Crippen LogP contribution in [0.15, 0.2) is 48.8 Å². The Morgan fingerprint density at radius 1 is 1.05 bits per heavy atom. The highest BCUT2D eigenvalue weighted by molar-refractivity contribution is 5.82. The van der Waals surface area contributed by atoms with Gasteiger partial charge < -0.3 is 4.98 Å². The largest absolute Gasteiger partial charge is 0.346 e. The van der Waals surface area contributed by atoms with E-state index in [2.05, 4.69) is 27.9 Å². The van der Waals surface area contributed by atoms with Crippen LogP contribution in [-0.4, -0.2) is 9.97 Å². The summed E-state index contributed by atoms with van der Waals surface area (Å²) in [5, 5.41) is 9.66. The van der Waals surface area contributed by atoms with E-state index in [9.17, 15) is 0 Å². The van der Waals surface area contributed by atoms with Crippen molar-refractivity contribution in [2.24, 2.45) is 0 Å². The van der Waals surface area contributed by atoms with Gasteiger partial charge in [0.05, 0.1) is 12.5 Å². The van der Waals surface area contributed by atoms with Crippen molar-refractivity contribution in [1.29, 1.82) is 5.26 Å². The third-order valence-electron chi connectivity index (χ3n) is 3.04. The topological polar surface area (TPSA) is 52.5 Å². The van der Waals surface area contributed by atoms with Crippen molar-refractivity contribution in [3.8, 4) is 17.9 Å². The van der Waals surface area contributed by atoms with E-state index in [0.29, 0.717) is 6.42 Å². The van der Waals surface area contributed by atoms with Crippen LogP contribution in [0, 0.1) is 23.2 Å². The van der Waals surface area contributed by atoms with Gasteiger partial charge in [0.25, 0.3) is 0 Å². The minimum atomic E-state index is 0.433. The number of nitriles is 1. The number of aromatic amines is 1. The van der Waals surface area contributed by atoms with Gasteiger partial charge in [0.1, 0.15) is 5.65 Å². The number of hydrogen-bond donors (Lipinski definition) is 1. The number of aromatic nitrogens is 2. The molecule has 1 N–H and O–H groups in total. The minimum Gasteiger partial charge on any atom is -0.346 e.